The molecule has 188 valence electrons. The Morgan fingerprint density at radius 3 is 2.53 bits per heavy atom. The molecule has 6 aromatic rings. The summed E-state index contributed by atoms with van der Waals surface area (Å²) in [5, 5.41) is 12.3. The topological polar surface area (TPSA) is 112 Å². The van der Waals surface area contributed by atoms with Crippen LogP contribution < -0.4 is 5.32 Å². The van der Waals surface area contributed by atoms with Crippen molar-refractivity contribution in [1.29, 1.82) is 0 Å². The fourth-order valence-corrected chi connectivity index (χ4v) is 4.28. The van der Waals surface area contributed by atoms with Crippen molar-refractivity contribution >= 4 is 33.5 Å². The van der Waals surface area contributed by atoms with Crippen LogP contribution in [0.1, 0.15) is 20.8 Å². The van der Waals surface area contributed by atoms with Gasteiger partial charge < -0.3 is 10.3 Å². The van der Waals surface area contributed by atoms with Gasteiger partial charge >= 0.3 is 0 Å². The van der Waals surface area contributed by atoms with Crippen LogP contribution in [0.5, 0.6) is 0 Å². The number of anilines is 1. The van der Waals surface area contributed by atoms with E-state index in [0.717, 1.165) is 44.4 Å². The van der Waals surface area contributed by atoms with E-state index in [1.54, 1.807) is 36.9 Å². The molecule has 0 spiro atoms. The molecule has 0 unspecified atom stereocenters. The highest BCUT2D eigenvalue weighted by Crippen LogP contribution is 2.34. The zero-order chi connectivity index (χ0) is 26.4. The van der Waals surface area contributed by atoms with Crippen molar-refractivity contribution in [3.8, 4) is 33.8 Å². The summed E-state index contributed by atoms with van der Waals surface area (Å²) in [4.78, 5) is 29.2. The summed E-state index contributed by atoms with van der Waals surface area (Å²) in [5.74, 6) is -0.372. The van der Waals surface area contributed by atoms with Gasteiger partial charge in [0.15, 0.2) is 0 Å². The largest absolute Gasteiger partial charge is 0.338 e. The standard InChI is InChI=1S/C29H24FN7O/c1-29(2,3)28(38)34-19-10-17(13-31-14-19)23-12-22-25(15-33-23)36-37-26(22)24-11-21-20(8-9-32-27(21)35-24)16-4-6-18(30)7-5-16/h4-15H,1-3H3,(H,32,35)(H,34,38)(H,36,37). The van der Waals surface area contributed by atoms with Gasteiger partial charge in [0, 0.05) is 34.1 Å². The molecule has 38 heavy (non-hydrogen) atoms. The number of amides is 1. The van der Waals surface area contributed by atoms with Crippen molar-refractivity contribution in [3.05, 3.63) is 79.1 Å². The summed E-state index contributed by atoms with van der Waals surface area (Å²) >= 11 is 0. The van der Waals surface area contributed by atoms with Crippen LogP contribution in [0.3, 0.4) is 0 Å². The lowest BCUT2D eigenvalue weighted by Crippen LogP contribution is -2.27. The third-order valence-electron chi connectivity index (χ3n) is 6.36. The first kappa shape index (κ1) is 23.5. The second-order valence-corrected chi connectivity index (χ2v) is 10.2. The van der Waals surface area contributed by atoms with Gasteiger partial charge in [0.05, 0.1) is 35.0 Å². The summed E-state index contributed by atoms with van der Waals surface area (Å²) in [7, 11) is 0. The maximum Gasteiger partial charge on any atom is 0.229 e. The highest BCUT2D eigenvalue weighted by atomic mass is 19.1. The minimum Gasteiger partial charge on any atom is -0.338 e. The summed E-state index contributed by atoms with van der Waals surface area (Å²) in [5.41, 5.74) is 6.37. The number of aromatic amines is 2. The first-order chi connectivity index (χ1) is 18.3. The molecule has 5 heterocycles. The van der Waals surface area contributed by atoms with E-state index in [-0.39, 0.29) is 11.7 Å². The number of fused-ring (bicyclic) bond motifs is 2. The molecule has 1 amide bonds. The van der Waals surface area contributed by atoms with Crippen molar-refractivity contribution in [2.75, 3.05) is 5.32 Å². The zero-order valence-corrected chi connectivity index (χ0v) is 21.0. The van der Waals surface area contributed by atoms with Gasteiger partial charge in [-0.2, -0.15) is 5.10 Å². The number of nitrogens with zero attached hydrogens (tertiary/aromatic N) is 4. The Kier molecular flexibility index (Phi) is 5.48. The summed E-state index contributed by atoms with van der Waals surface area (Å²) in [6.07, 6.45) is 6.78. The van der Waals surface area contributed by atoms with E-state index in [2.05, 4.69) is 35.5 Å². The van der Waals surface area contributed by atoms with E-state index < -0.39 is 5.41 Å². The molecule has 8 nitrogen and oxygen atoms in total. The smallest absolute Gasteiger partial charge is 0.229 e. The number of nitrogens with one attached hydrogen (secondary N) is 3. The number of hydrogen-bond acceptors (Lipinski definition) is 5. The van der Waals surface area contributed by atoms with Crippen LogP contribution in [-0.4, -0.2) is 36.0 Å². The quantitative estimate of drug-likeness (QED) is 0.258. The third-order valence-corrected chi connectivity index (χ3v) is 6.36. The van der Waals surface area contributed by atoms with E-state index in [1.165, 1.54) is 12.1 Å². The van der Waals surface area contributed by atoms with Crippen LogP contribution >= 0.6 is 0 Å². The van der Waals surface area contributed by atoms with Gasteiger partial charge in [0.25, 0.3) is 0 Å². The van der Waals surface area contributed by atoms with E-state index in [1.807, 2.05) is 45.0 Å². The molecule has 0 aliphatic heterocycles. The molecule has 0 fully saturated rings. The number of H-pyrrole nitrogens is 2. The molecule has 6 rings (SSSR count). The second kappa shape index (κ2) is 8.88. The van der Waals surface area contributed by atoms with Crippen LogP contribution in [-0.2, 0) is 4.79 Å². The molecule has 0 saturated carbocycles. The van der Waals surface area contributed by atoms with Crippen molar-refractivity contribution in [1.82, 2.24) is 30.1 Å². The lowest BCUT2D eigenvalue weighted by molar-refractivity contribution is -0.123. The number of rotatable bonds is 4. The lowest BCUT2D eigenvalue weighted by atomic mass is 9.95. The Morgan fingerprint density at radius 1 is 0.921 bits per heavy atom. The summed E-state index contributed by atoms with van der Waals surface area (Å²) in [6, 6.07) is 14.1. The third kappa shape index (κ3) is 4.28. The number of hydrogen-bond donors (Lipinski definition) is 3. The summed E-state index contributed by atoms with van der Waals surface area (Å²) < 4.78 is 13.5. The van der Waals surface area contributed by atoms with Crippen molar-refractivity contribution in [2.45, 2.75) is 20.8 Å². The molecular weight excluding hydrogens is 481 g/mol. The first-order valence-corrected chi connectivity index (χ1v) is 12.1. The van der Waals surface area contributed by atoms with Crippen LogP contribution in [0.15, 0.2) is 73.3 Å². The van der Waals surface area contributed by atoms with Crippen LogP contribution in [0.4, 0.5) is 10.1 Å². The Bertz CT molecular complexity index is 1810. The van der Waals surface area contributed by atoms with Gasteiger partial charge in [-0.15, -0.1) is 0 Å². The fourth-order valence-electron chi connectivity index (χ4n) is 4.28. The highest BCUT2D eigenvalue weighted by Gasteiger charge is 2.21. The Morgan fingerprint density at radius 2 is 1.74 bits per heavy atom. The monoisotopic (exact) mass is 505 g/mol. The van der Waals surface area contributed by atoms with Gasteiger partial charge in [0.2, 0.25) is 5.91 Å². The van der Waals surface area contributed by atoms with Gasteiger partial charge in [-0.05, 0) is 47.5 Å². The molecule has 0 aliphatic rings. The second-order valence-electron chi connectivity index (χ2n) is 10.2. The fraction of sp³-hybridized carbons (Fsp3) is 0.138. The van der Waals surface area contributed by atoms with E-state index in [0.29, 0.717) is 17.0 Å². The van der Waals surface area contributed by atoms with E-state index in [9.17, 15) is 9.18 Å². The lowest BCUT2D eigenvalue weighted by Gasteiger charge is -2.17. The van der Waals surface area contributed by atoms with Crippen LogP contribution in [0, 0.1) is 11.2 Å². The highest BCUT2D eigenvalue weighted by molar-refractivity contribution is 6.00. The normalized spacial score (nSPS) is 11.8. The predicted molar refractivity (Wildman–Crippen MR) is 146 cm³/mol. The molecule has 3 N–H and O–H groups in total. The Labute approximate surface area is 217 Å². The number of aromatic nitrogens is 6. The Balaban J connectivity index is 1.39. The molecule has 0 bridgehead atoms. The molecule has 5 aromatic heterocycles. The molecule has 9 heteroatoms. The maximum atomic E-state index is 13.5. The van der Waals surface area contributed by atoms with Crippen LogP contribution in [0.25, 0.3) is 55.7 Å². The van der Waals surface area contributed by atoms with Crippen molar-refractivity contribution < 1.29 is 9.18 Å². The van der Waals surface area contributed by atoms with Gasteiger partial charge in [-0.1, -0.05) is 32.9 Å². The zero-order valence-electron chi connectivity index (χ0n) is 21.0. The van der Waals surface area contributed by atoms with E-state index >= 15 is 0 Å². The molecule has 0 saturated heterocycles. The predicted octanol–water partition coefficient (Wildman–Crippen LogP) is 6.35. The number of carbonyl (C=O) groups excluding carboxylic acids is 1. The number of carbonyl (C=O) groups is 1. The van der Waals surface area contributed by atoms with Crippen LogP contribution in [0.2, 0.25) is 0 Å². The molecule has 0 radical (unpaired) electrons. The Hall–Kier alpha value is -4.92. The number of halogens is 1. The van der Waals surface area contributed by atoms with Crippen molar-refractivity contribution in [2.24, 2.45) is 5.41 Å². The average Bonchev–Trinajstić information content (AvgIpc) is 3.52. The first-order valence-electron chi connectivity index (χ1n) is 12.1. The molecule has 1 aromatic carbocycles. The van der Waals surface area contributed by atoms with Crippen molar-refractivity contribution in [3.63, 3.8) is 0 Å². The minimum atomic E-state index is -0.524. The number of benzene rings is 1. The van der Waals surface area contributed by atoms with Gasteiger partial charge in [0.1, 0.15) is 17.2 Å². The molecular formula is C29H24FN7O. The minimum absolute atomic E-state index is 0.0931. The molecule has 0 atom stereocenters. The van der Waals surface area contributed by atoms with Gasteiger partial charge in [-0.25, -0.2) is 9.37 Å². The SMILES string of the molecule is CC(C)(C)C(=O)Nc1cncc(-c2cc3c(-c4cc5c(-c6ccc(F)cc6)ccnc5[nH]4)n[nH]c3cn2)c1. The maximum absolute atomic E-state index is 13.5. The molecule has 0 aliphatic carbocycles. The number of pyridine rings is 3. The van der Waals surface area contributed by atoms with E-state index in [4.69, 9.17) is 0 Å². The van der Waals surface area contributed by atoms with Gasteiger partial charge in [-0.3, -0.25) is 19.9 Å². The average molecular weight is 506 g/mol. The summed E-state index contributed by atoms with van der Waals surface area (Å²) in [6.45, 7) is 5.58.